The van der Waals surface area contributed by atoms with Crippen LogP contribution < -0.4 is 10.3 Å². The summed E-state index contributed by atoms with van der Waals surface area (Å²) in [4.78, 5) is 12.8. The van der Waals surface area contributed by atoms with E-state index in [1.165, 1.54) is 17.9 Å². The lowest BCUT2D eigenvalue weighted by atomic mass is 10.1. The van der Waals surface area contributed by atoms with E-state index in [-0.39, 0.29) is 17.9 Å². The smallest absolute Gasteiger partial charge is 0.416 e. The van der Waals surface area contributed by atoms with E-state index in [0.29, 0.717) is 16.9 Å². The van der Waals surface area contributed by atoms with Crippen molar-refractivity contribution in [1.82, 2.24) is 14.2 Å². The third-order valence-electron chi connectivity index (χ3n) is 4.59. The molecule has 0 saturated carbocycles. The number of hydrogen-bond donors (Lipinski definition) is 0. The van der Waals surface area contributed by atoms with Gasteiger partial charge in [0.05, 0.1) is 24.8 Å². The van der Waals surface area contributed by atoms with E-state index in [1.807, 2.05) is 30.3 Å². The summed E-state index contributed by atoms with van der Waals surface area (Å²) >= 11 is 0. The summed E-state index contributed by atoms with van der Waals surface area (Å²) in [6, 6.07) is 15.9. The van der Waals surface area contributed by atoms with Crippen molar-refractivity contribution in [2.24, 2.45) is 0 Å². The molecular formula is C21H16F3N3O2. The first kappa shape index (κ1) is 18.8. The average Bonchev–Trinajstić information content (AvgIpc) is 3.20. The molecule has 8 heteroatoms. The van der Waals surface area contributed by atoms with Crippen LogP contribution in [0, 0.1) is 0 Å². The standard InChI is InChI=1S/C21H16F3N3O2/c1-29-18-12-15(21(22,23)24)9-10-16(18)19-25-27(13-14-6-3-2-4-7-14)20(28)17-8-5-11-26(17)19/h2-12H,13H2,1H3. The zero-order valence-electron chi connectivity index (χ0n) is 15.3. The molecule has 2 aromatic heterocycles. The van der Waals surface area contributed by atoms with Gasteiger partial charge in [-0.3, -0.25) is 9.20 Å². The monoisotopic (exact) mass is 399 g/mol. The number of halogens is 3. The quantitative estimate of drug-likeness (QED) is 0.516. The molecule has 0 aliphatic heterocycles. The molecule has 0 saturated heterocycles. The van der Waals surface area contributed by atoms with Gasteiger partial charge in [0, 0.05) is 6.20 Å². The molecule has 0 radical (unpaired) electrons. The molecule has 0 fully saturated rings. The van der Waals surface area contributed by atoms with Crippen LogP contribution in [0.2, 0.25) is 0 Å². The minimum atomic E-state index is -4.49. The number of methoxy groups -OCH3 is 1. The molecule has 2 aromatic carbocycles. The minimum Gasteiger partial charge on any atom is -0.496 e. The van der Waals surface area contributed by atoms with Crippen molar-refractivity contribution in [1.29, 1.82) is 0 Å². The molecule has 0 unspecified atom stereocenters. The first-order chi connectivity index (χ1) is 13.9. The lowest BCUT2D eigenvalue weighted by molar-refractivity contribution is -0.137. The van der Waals surface area contributed by atoms with Gasteiger partial charge in [0.15, 0.2) is 5.82 Å². The minimum absolute atomic E-state index is 0.0206. The van der Waals surface area contributed by atoms with E-state index in [4.69, 9.17) is 4.74 Å². The van der Waals surface area contributed by atoms with Gasteiger partial charge in [0.25, 0.3) is 5.56 Å². The van der Waals surface area contributed by atoms with Gasteiger partial charge in [-0.25, -0.2) is 4.68 Å². The number of fused-ring (bicyclic) bond motifs is 1. The Morgan fingerprint density at radius 2 is 1.79 bits per heavy atom. The molecule has 0 aliphatic carbocycles. The Labute approximate surface area is 163 Å². The van der Waals surface area contributed by atoms with Crippen LogP contribution >= 0.6 is 0 Å². The van der Waals surface area contributed by atoms with Gasteiger partial charge in [-0.2, -0.15) is 18.3 Å². The van der Waals surface area contributed by atoms with Crippen LogP contribution in [0.4, 0.5) is 13.2 Å². The highest BCUT2D eigenvalue weighted by molar-refractivity contribution is 5.68. The van der Waals surface area contributed by atoms with E-state index in [9.17, 15) is 18.0 Å². The highest BCUT2D eigenvalue weighted by atomic mass is 19.4. The Morgan fingerprint density at radius 1 is 1.03 bits per heavy atom. The van der Waals surface area contributed by atoms with Crippen molar-refractivity contribution >= 4 is 5.52 Å². The van der Waals surface area contributed by atoms with Crippen molar-refractivity contribution in [2.75, 3.05) is 7.11 Å². The zero-order valence-corrected chi connectivity index (χ0v) is 15.3. The summed E-state index contributed by atoms with van der Waals surface area (Å²) in [7, 11) is 1.30. The van der Waals surface area contributed by atoms with Crippen LogP contribution in [0.15, 0.2) is 71.7 Å². The third kappa shape index (κ3) is 3.49. The van der Waals surface area contributed by atoms with Gasteiger partial charge in [-0.1, -0.05) is 30.3 Å². The Balaban J connectivity index is 1.91. The first-order valence-corrected chi connectivity index (χ1v) is 8.76. The number of nitrogens with zero attached hydrogens (tertiary/aromatic N) is 3. The van der Waals surface area contributed by atoms with Crippen molar-refractivity contribution < 1.29 is 17.9 Å². The van der Waals surface area contributed by atoms with Crippen molar-refractivity contribution in [2.45, 2.75) is 12.7 Å². The molecule has 2 heterocycles. The molecule has 4 aromatic rings. The van der Waals surface area contributed by atoms with Crippen LogP contribution in [-0.2, 0) is 12.7 Å². The summed E-state index contributed by atoms with van der Waals surface area (Å²) in [6.45, 7) is 0.233. The Kier molecular flexibility index (Phi) is 4.62. The molecular weight excluding hydrogens is 383 g/mol. The summed E-state index contributed by atoms with van der Waals surface area (Å²) in [5.74, 6) is 0.332. The zero-order chi connectivity index (χ0) is 20.6. The topological polar surface area (TPSA) is 48.5 Å². The first-order valence-electron chi connectivity index (χ1n) is 8.76. The highest BCUT2D eigenvalue weighted by Crippen LogP contribution is 2.36. The number of ether oxygens (including phenoxy) is 1. The van der Waals surface area contributed by atoms with Crippen LogP contribution in [0.5, 0.6) is 5.75 Å². The number of benzene rings is 2. The molecule has 0 atom stereocenters. The molecule has 0 spiro atoms. The van der Waals surface area contributed by atoms with Crippen LogP contribution in [0.25, 0.3) is 16.9 Å². The van der Waals surface area contributed by atoms with Crippen LogP contribution in [0.3, 0.4) is 0 Å². The maximum atomic E-state index is 13.1. The Morgan fingerprint density at radius 3 is 2.48 bits per heavy atom. The number of aromatic nitrogens is 3. The second-order valence-corrected chi connectivity index (χ2v) is 6.45. The van der Waals surface area contributed by atoms with Crippen molar-refractivity contribution in [3.8, 4) is 17.1 Å². The Hall–Kier alpha value is -3.55. The van der Waals surface area contributed by atoms with Gasteiger partial charge in [-0.05, 0) is 35.9 Å². The third-order valence-corrected chi connectivity index (χ3v) is 4.59. The molecule has 0 bridgehead atoms. The van der Waals surface area contributed by atoms with Crippen LogP contribution in [-0.4, -0.2) is 21.3 Å². The molecule has 0 amide bonds. The Bertz CT molecular complexity index is 1230. The predicted octanol–water partition coefficient (Wildman–Crippen LogP) is 4.24. The van der Waals surface area contributed by atoms with E-state index in [1.54, 1.807) is 22.7 Å². The largest absolute Gasteiger partial charge is 0.496 e. The fraction of sp³-hybridized carbons (Fsp3) is 0.143. The predicted molar refractivity (Wildman–Crippen MR) is 102 cm³/mol. The van der Waals surface area contributed by atoms with Gasteiger partial charge in [-0.15, -0.1) is 0 Å². The van der Waals surface area contributed by atoms with E-state index < -0.39 is 11.7 Å². The highest BCUT2D eigenvalue weighted by Gasteiger charge is 2.31. The van der Waals surface area contributed by atoms with Gasteiger partial charge < -0.3 is 4.74 Å². The molecule has 4 rings (SSSR count). The molecule has 29 heavy (non-hydrogen) atoms. The summed E-state index contributed by atoms with van der Waals surface area (Å²) in [5, 5.41) is 4.44. The summed E-state index contributed by atoms with van der Waals surface area (Å²) < 4.78 is 47.3. The molecule has 5 nitrogen and oxygen atoms in total. The fourth-order valence-electron chi connectivity index (χ4n) is 3.18. The van der Waals surface area contributed by atoms with Crippen molar-refractivity contribution in [3.05, 3.63) is 88.3 Å². The van der Waals surface area contributed by atoms with Gasteiger partial charge in [0.1, 0.15) is 11.3 Å². The summed E-state index contributed by atoms with van der Waals surface area (Å²) in [6.07, 6.45) is -2.85. The van der Waals surface area contributed by atoms with Crippen molar-refractivity contribution in [3.63, 3.8) is 0 Å². The van der Waals surface area contributed by atoms with Gasteiger partial charge in [0.2, 0.25) is 0 Å². The number of alkyl halides is 3. The lowest BCUT2D eigenvalue weighted by Gasteiger charge is -2.15. The normalized spacial score (nSPS) is 11.7. The number of rotatable bonds is 4. The lowest BCUT2D eigenvalue weighted by Crippen LogP contribution is -2.26. The van der Waals surface area contributed by atoms with E-state index in [2.05, 4.69) is 5.10 Å². The average molecular weight is 399 g/mol. The SMILES string of the molecule is COc1cc(C(F)(F)F)ccc1-c1nn(Cc2ccccc2)c(=O)c2cccn12. The molecule has 0 aliphatic rings. The van der Waals surface area contributed by atoms with E-state index in [0.717, 1.165) is 17.7 Å². The summed E-state index contributed by atoms with van der Waals surface area (Å²) in [5.41, 5.74) is 0.479. The van der Waals surface area contributed by atoms with Crippen LogP contribution in [0.1, 0.15) is 11.1 Å². The number of hydrogen-bond acceptors (Lipinski definition) is 3. The molecule has 0 N–H and O–H groups in total. The maximum absolute atomic E-state index is 13.1. The van der Waals surface area contributed by atoms with E-state index >= 15 is 0 Å². The maximum Gasteiger partial charge on any atom is 0.416 e. The fourth-order valence-corrected chi connectivity index (χ4v) is 3.18. The molecule has 148 valence electrons. The second-order valence-electron chi connectivity index (χ2n) is 6.45. The van der Waals surface area contributed by atoms with Gasteiger partial charge >= 0.3 is 6.18 Å². The second kappa shape index (κ2) is 7.12.